The second-order valence-electron chi connectivity index (χ2n) is 4.57. The van der Waals surface area contributed by atoms with Crippen molar-refractivity contribution in [2.24, 2.45) is 0 Å². The summed E-state index contributed by atoms with van der Waals surface area (Å²) in [7, 11) is 0. The van der Waals surface area contributed by atoms with Crippen LogP contribution in [0.2, 0.25) is 0 Å². The summed E-state index contributed by atoms with van der Waals surface area (Å²) >= 11 is 1.62. The van der Waals surface area contributed by atoms with Crippen LogP contribution < -0.4 is 0 Å². The molecule has 2 heterocycles. The Bertz CT molecular complexity index is 557. The van der Waals surface area contributed by atoms with Gasteiger partial charge in [0.15, 0.2) is 17.3 Å². The van der Waals surface area contributed by atoms with Crippen LogP contribution in [0.5, 0.6) is 0 Å². The second-order valence-corrected chi connectivity index (χ2v) is 5.65. The Morgan fingerprint density at radius 2 is 1.88 bits per heavy atom. The molecule has 0 bridgehead atoms. The molecule has 2 aromatic rings. The zero-order valence-electron chi connectivity index (χ0n) is 9.05. The zero-order valence-corrected chi connectivity index (χ0v) is 11.2. The molecule has 3 nitrogen and oxygen atoms in total. The van der Waals surface area contributed by atoms with Gasteiger partial charge in [-0.05, 0) is 22.6 Å². The van der Waals surface area contributed by atoms with Gasteiger partial charge in [0.1, 0.15) is 5.82 Å². The molecule has 2 aromatic heterocycles. The minimum Gasteiger partial charge on any atom is -0.280 e. The van der Waals surface area contributed by atoms with E-state index in [-0.39, 0.29) is 14.6 Å². The van der Waals surface area contributed by atoms with Crippen molar-refractivity contribution in [1.29, 1.82) is 0 Å². The maximum atomic E-state index is 13.7. The van der Waals surface area contributed by atoms with Gasteiger partial charge in [0, 0.05) is 11.6 Å². The van der Waals surface area contributed by atoms with E-state index in [0.717, 1.165) is 0 Å². The average molecular weight is 337 g/mol. The van der Waals surface area contributed by atoms with Gasteiger partial charge in [0.05, 0.1) is 3.57 Å². The molecular weight excluding hydrogens is 327 g/mol. The molecule has 0 radical (unpaired) electrons. The van der Waals surface area contributed by atoms with Crippen molar-refractivity contribution in [2.45, 2.75) is 26.2 Å². The predicted molar refractivity (Wildman–Crippen MR) is 64.3 cm³/mol. The minimum absolute atomic E-state index is 0.0574. The molecular formula is C10H10F2IN3. The van der Waals surface area contributed by atoms with Gasteiger partial charge in [-0.3, -0.25) is 4.40 Å². The Hall–Kier alpha value is -0.790. The molecule has 0 atom stereocenters. The summed E-state index contributed by atoms with van der Waals surface area (Å²) in [6, 6.07) is 0. The first-order valence-corrected chi connectivity index (χ1v) is 5.79. The maximum Gasteiger partial charge on any atom is 0.198 e. The van der Waals surface area contributed by atoms with Crippen LogP contribution in [-0.2, 0) is 5.41 Å². The molecule has 0 aliphatic rings. The van der Waals surface area contributed by atoms with E-state index in [1.165, 1.54) is 10.6 Å². The van der Waals surface area contributed by atoms with Crippen LogP contribution in [0.1, 0.15) is 26.6 Å². The average Bonchev–Trinajstić information content (AvgIpc) is 2.57. The molecule has 0 aliphatic carbocycles. The number of fused-ring (bicyclic) bond motifs is 1. The lowest BCUT2D eigenvalue weighted by molar-refractivity contribution is 0.526. The molecule has 6 heteroatoms. The van der Waals surface area contributed by atoms with Gasteiger partial charge in [-0.15, -0.1) is 10.2 Å². The molecule has 0 amide bonds. The molecule has 0 unspecified atom stereocenters. The van der Waals surface area contributed by atoms with Crippen LogP contribution in [0.15, 0.2) is 6.20 Å². The monoisotopic (exact) mass is 337 g/mol. The van der Waals surface area contributed by atoms with Crippen molar-refractivity contribution < 1.29 is 8.78 Å². The van der Waals surface area contributed by atoms with E-state index in [1.807, 2.05) is 20.8 Å². The molecule has 0 fully saturated rings. The summed E-state index contributed by atoms with van der Waals surface area (Å²) in [6.45, 7) is 5.74. The largest absolute Gasteiger partial charge is 0.280 e. The van der Waals surface area contributed by atoms with E-state index in [9.17, 15) is 8.78 Å². The molecule has 0 aromatic carbocycles. The van der Waals surface area contributed by atoms with Gasteiger partial charge < -0.3 is 0 Å². The third-order valence-electron chi connectivity index (χ3n) is 2.21. The third-order valence-corrected chi connectivity index (χ3v) is 3.20. The summed E-state index contributed by atoms with van der Waals surface area (Å²) in [5.74, 6) is -0.726. The minimum atomic E-state index is -0.663. The fraction of sp³-hybridized carbons (Fsp3) is 0.400. The lowest BCUT2D eigenvalue weighted by Crippen LogP contribution is -2.16. The Morgan fingerprint density at radius 3 is 2.44 bits per heavy atom. The summed E-state index contributed by atoms with van der Waals surface area (Å²) in [5.41, 5.74) is -0.249. The Labute approximate surface area is 105 Å². The van der Waals surface area contributed by atoms with Gasteiger partial charge in [-0.2, -0.15) is 0 Å². The first kappa shape index (κ1) is 11.7. The molecule has 0 spiro atoms. The van der Waals surface area contributed by atoms with E-state index in [0.29, 0.717) is 5.82 Å². The van der Waals surface area contributed by atoms with Crippen molar-refractivity contribution in [2.75, 3.05) is 0 Å². The fourth-order valence-electron chi connectivity index (χ4n) is 1.45. The molecule has 0 N–H and O–H groups in total. The zero-order chi connectivity index (χ0) is 12.1. The highest BCUT2D eigenvalue weighted by Gasteiger charge is 2.24. The molecule has 0 aliphatic heterocycles. The quantitative estimate of drug-likeness (QED) is 0.692. The predicted octanol–water partition coefficient (Wildman–Crippen LogP) is 2.91. The highest BCUT2D eigenvalue weighted by molar-refractivity contribution is 14.1. The van der Waals surface area contributed by atoms with E-state index in [1.54, 1.807) is 22.6 Å². The third kappa shape index (κ3) is 1.68. The van der Waals surface area contributed by atoms with Gasteiger partial charge in [0.25, 0.3) is 0 Å². The van der Waals surface area contributed by atoms with E-state index >= 15 is 0 Å². The topological polar surface area (TPSA) is 30.2 Å². The highest BCUT2D eigenvalue weighted by Crippen LogP contribution is 2.24. The van der Waals surface area contributed by atoms with E-state index in [4.69, 9.17) is 0 Å². The SMILES string of the molecule is CC(C)(C)c1nnc2c(F)c(I)c(F)cn12. The Morgan fingerprint density at radius 1 is 1.25 bits per heavy atom. The molecule has 2 rings (SSSR count). The first-order chi connectivity index (χ1) is 7.32. The van der Waals surface area contributed by atoms with E-state index < -0.39 is 11.6 Å². The lowest BCUT2D eigenvalue weighted by atomic mass is 9.96. The second kappa shape index (κ2) is 3.61. The van der Waals surface area contributed by atoms with Crippen molar-refractivity contribution in [3.05, 3.63) is 27.2 Å². The normalized spacial score (nSPS) is 12.4. The standard InChI is InChI=1S/C10H10F2IN3/c1-10(2,3)9-15-14-8-6(12)7(13)5(11)4-16(8)9/h4H,1-3H3. The summed E-state index contributed by atoms with van der Waals surface area (Å²) in [4.78, 5) is 0. The summed E-state index contributed by atoms with van der Waals surface area (Å²) < 4.78 is 28.4. The van der Waals surface area contributed by atoms with Crippen LogP contribution in [0, 0.1) is 15.2 Å². The number of halogens is 3. The van der Waals surface area contributed by atoms with Crippen molar-refractivity contribution in [3.63, 3.8) is 0 Å². The molecule has 0 saturated heterocycles. The number of hydrogen-bond donors (Lipinski definition) is 0. The molecule has 16 heavy (non-hydrogen) atoms. The Balaban J connectivity index is 2.84. The van der Waals surface area contributed by atoms with Crippen molar-refractivity contribution in [3.8, 4) is 0 Å². The first-order valence-electron chi connectivity index (χ1n) is 4.71. The molecule has 86 valence electrons. The highest BCUT2D eigenvalue weighted by atomic mass is 127. The summed E-state index contributed by atoms with van der Waals surface area (Å²) in [6.07, 6.45) is 1.22. The van der Waals surface area contributed by atoms with Gasteiger partial charge in [-0.1, -0.05) is 20.8 Å². The van der Waals surface area contributed by atoms with Crippen LogP contribution in [0.3, 0.4) is 0 Å². The number of rotatable bonds is 0. The van der Waals surface area contributed by atoms with Crippen LogP contribution in [-0.4, -0.2) is 14.6 Å². The maximum absolute atomic E-state index is 13.7. The number of aromatic nitrogens is 3. The lowest BCUT2D eigenvalue weighted by Gasteiger charge is -2.15. The van der Waals surface area contributed by atoms with Crippen LogP contribution in [0.4, 0.5) is 8.78 Å². The van der Waals surface area contributed by atoms with E-state index in [2.05, 4.69) is 10.2 Å². The van der Waals surface area contributed by atoms with Gasteiger partial charge in [0.2, 0.25) is 0 Å². The van der Waals surface area contributed by atoms with Gasteiger partial charge in [-0.25, -0.2) is 8.78 Å². The fourth-order valence-corrected chi connectivity index (χ4v) is 1.83. The number of nitrogens with zero attached hydrogens (tertiary/aromatic N) is 3. The van der Waals surface area contributed by atoms with Crippen molar-refractivity contribution in [1.82, 2.24) is 14.6 Å². The van der Waals surface area contributed by atoms with Crippen LogP contribution in [0.25, 0.3) is 5.65 Å². The number of hydrogen-bond acceptors (Lipinski definition) is 2. The number of pyridine rings is 1. The smallest absolute Gasteiger partial charge is 0.198 e. The summed E-state index contributed by atoms with van der Waals surface area (Å²) in [5, 5.41) is 7.67. The van der Waals surface area contributed by atoms with Crippen LogP contribution >= 0.6 is 22.6 Å². The van der Waals surface area contributed by atoms with Crippen molar-refractivity contribution >= 4 is 28.2 Å². The van der Waals surface area contributed by atoms with Gasteiger partial charge >= 0.3 is 0 Å². The molecule has 0 saturated carbocycles. The Kier molecular flexibility index (Phi) is 2.64.